The van der Waals surface area contributed by atoms with E-state index in [0.717, 1.165) is 6.07 Å². The lowest BCUT2D eigenvalue weighted by Crippen LogP contribution is -2.10. The fourth-order valence-corrected chi connectivity index (χ4v) is 1.61. The van der Waals surface area contributed by atoms with E-state index in [2.05, 4.69) is 10.3 Å². The summed E-state index contributed by atoms with van der Waals surface area (Å²) in [5.41, 5.74) is 5.34. The molecule has 0 aliphatic carbocycles. The highest BCUT2D eigenvalue weighted by atomic mass is 35.5. The van der Waals surface area contributed by atoms with Crippen LogP contribution in [0.5, 0.6) is 0 Å². The summed E-state index contributed by atoms with van der Waals surface area (Å²) in [5.74, 6) is -1.21. The number of nitrogens with two attached hydrogens (primary N) is 1. The molecule has 2 rings (SSSR count). The highest BCUT2D eigenvalue weighted by Crippen LogP contribution is 2.17. The van der Waals surface area contributed by atoms with Crippen molar-refractivity contribution in [3.63, 3.8) is 0 Å². The van der Waals surface area contributed by atoms with Gasteiger partial charge in [-0.2, -0.15) is 0 Å². The van der Waals surface area contributed by atoms with Crippen LogP contribution < -0.4 is 5.73 Å². The van der Waals surface area contributed by atoms with Gasteiger partial charge in [-0.25, -0.2) is 4.39 Å². The van der Waals surface area contributed by atoms with Gasteiger partial charge in [0.25, 0.3) is 0 Å². The van der Waals surface area contributed by atoms with Crippen LogP contribution in [0.3, 0.4) is 0 Å². The van der Waals surface area contributed by atoms with Crippen molar-refractivity contribution < 1.29 is 9.18 Å². The Labute approximate surface area is 107 Å². The van der Waals surface area contributed by atoms with Gasteiger partial charge in [-0.1, -0.05) is 16.8 Å². The van der Waals surface area contributed by atoms with Gasteiger partial charge in [0, 0.05) is 11.6 Å². The van der Waals surface area contributed by atoms with Crippen molar-refractivity contribution in [1.29, 1.82) is 0 Å². The average molecular weight is 269 g/mol. The quantitative estimate of drug-likeness (QED) is 0.847. The molecule has 0 unspecified atom stereocenters. The standard InChI is InChI=1S/C11H10ClFN4O/c12-7-1-2-8(9(13)5-7)11(18)10-6-17(4-3-14)16-15-10/h1-2,5-6H,3-4,14H2. The molecule has 0 aliphatic heterocycles. The van der Waals surface area contributed by atoms with Crippen LogP contribution in [0, 0.1) is 5.82 Å². The molecule has 0 amide bonds. The summed E-state index contributed by atoms with van der Waals surface area (Å²) in [6.45, 7) is 0.829. The van der Waals surface area contributed by atoms with Crippen LogP contribution in [0.25, 0.3) is 0 Å². The minimum absolute atomic E-state index is 0.0738. The van der Waals surface area contributed by atoms with Crippen molar-refractivity contribution in [3.8, 4) is 0 Å². The van der Waals surface area contributed by atoms with Gasteiger partial charge < -0.3 is 5.73 Å². The molecule has 2 aromatic rings. The molecule has 18 heavy (non-hydrogen) atoms. The minimum Gasteiger partial charge on any atom is -0.329 e. The number of carbonyl (C=O) groups excluding carboxylic acids is 1. The molecule has 0 fully saturated rings. The second-order valence-corrected chi connectivity index (χ2v) is 4.05. The Kier molecular flexibility index (Phi) is 3.69. The van der Waals surface area contributed by atoms with Crippen LogP contribution in [0.2, 0.25) is 5.02 Å². The molecule has 2 N–H and O–H groups in total. The molecule has 1 aromatic heterocycles. The molecule has 0 saturated heterocycles. The molecular weight excluding hydrogens is 259 g/mol. The molecule has 1 aromatic carbocycles. The Morgan fingerprint density at radius 3 is 2.94 bits per heavy atom. The normalized spacial score (nSPS) is 10.6. The van der Waals surface area contributed by atoms with Crippen molar-refractivity contribution in [2.24, 2.45) is 5.73 Å². The summed E-state index contributed by atoms with van der Waals surface area (Å²) >= 11 is 5.62. The summed E-state index contributed by atoms with van der Waals surface area (Å²) in [6.07, 6.45) is 1.43. The van der Waals surface area contributed by atoms with Crippen LogP contribution in [-0.4, -0.2) is 27.3 Å². The number of aromatic nitrogens is 3. The number of ketones is 1. The lowest BCUT2D eigenvalue weighted by Gasteiger charge is -1.99. The molecule has 94 valence electrons. The number of benzene rings is 1. The van der Waals surface area contributed by atoms with Gasteiger partial charge in [-0.05, 0) is 18.2 Å². The predicted octanol–water partition coefficient (Wildman–Crippen LogP) is 1.26. The third-order valence-electron chi connectivity index (χ3n) is 2.31. The van der Waals surface area contributed by atoms with Gasteiger partial charge in [0.1, 0.15) is 5.82 Å². The average Bonchev–Trinajstić information content (AvgIpc) is 2.77. The van der Waals surface area contributed by atoms with Crippen molar-refractivity contribution in [2.75, 3.05) is 6.54 Å². The van der Waals surface area contributed by atoms with Gasteiger partial charge in [-0.15, -0.1) is 5.10 Å². The molecule has 1 heterocycles. The molecule has 0 saturated carbocycles. The molecule has 5 nitrogen and oxygen atoms in total. The molecule has 0 atom stereocenters. The lowest BCUT2D eigenvalue weighted by molar-refractivity contribution is 0.103. The Bertz CT molecular complexity index is 584. The third kappa shape index (κ3) is 2.55. The first kappa shape index (κ1) is 12.7. The monoisotopic (exact) mass is 268 g/mol. The first-order chi connectivity index (χ1) is 8.61. The van der Waals surface area contributed by atoms with Crippen molar-refractivity contribution in [3.05, 3.63) is 46.5 Å². The summed E-state index contributed by atoms with van der Waals surface area (Å²) in [6, 6.07) is 3.85. The zero-order valence-corrected chi connectivity index (χ0v) is 10.1. The number of hydrogen-bond acceptors (Lipinski definition) is 4. The van der Waals surface area contributed by atoms with Crippen molar-refractivity contribution >= 4 is 17.4 Å². The van der Waals surface area contributed by atoms with Crippen LogP contribution in [-0.2, 0) is 6.54 Å². The van der Waals surface area contributed by atoms with Crippen LogP contribution in [0.15, 0.2) is 24.4 Å². The summed E-state index contributed by atoms with van der Waals surface area (Å²) in [4.78, 5) is 12.0. The Balaban J connectivity index is 2.29. The van der Waals surface area contributed by atoms with E-state index in [1.54, 1.807) is 0 Å². The topological polar surface area (TPSA) is 73.8 Å². The second-order valence-electron chi connectivity index (χ2n) is 3.61. The largest absolute Gasteiger partial charge is 0.329 e. The van der Waals surface area contributed by atoms with E-state index >= 15 is 0 Å². The zero-order valence-electron chi connectivity index (χ0n) is 9.31. The maximum absolute atomic E-state index is 13.6. The first-order valence-corrected chi connectivity index (χ1v) is 5.59. The minimum atomic E-state index is -0.680. The smallest absolute Gasteiger partial charge is 0.217 e. The highest BCUT2D eigenvalue weighted by molar-refractivity contribution is 6.30. The number of hydrogen-bond donors (Lipinski definition) is 1. The van der Waals surface area contributed by atoms with Crippen molar-refractivity contribution in [2.45, 2.75) is 6.54 Å². The fourth-order valence-electron chi connectivity index (χ4n) is 1.46. The highest BCUT2D eigenvalue weighted by Gasteiger charge is 2.17. The Morgan fingerprint density at radius 2 is 2.28 bits per heavy atom. The van der Waals surface area contributed by atoms with E-state index in [-0.39, 0.29) is 16.3 Å². The summed E-state index contributed by atoms with van der Waals surface area (Å²) in [5, 5.41) is 7.63. The second kappa shape index (κ2) is 5.24. The summed E-state index contributed by atoms with van der Waals surface area (Å²) < 4.78 is 15.0. The van der Waals surface area contributed by atoms with Gasteiger partial charge in [0.2, 0.25) is 5.78 Å². The number of halogens is 2. The molecule has 0 spiro atoms. The van der Waals surface area contributed by atoms with E-state index in [9.17, 15) is 9.18 Å². The predicted molar refractivity (Wildman–Crippen MR) is 63.9 cm³/mol. The van der Waals surface area contributed by atoms with Crippen LogP contribution in [0.4, 0.5) is 4.39 Å². The van der Waals surface area contributed by atoms with E-state index < -0.39 is 11.6 Å². The van der Waals surface area contributed by atoms with Gasteiger partial charge in [-0.3, -0.25) is 9.48 Å². The molecule has 7 heteroatoms. The summed E-state index contributed by atoms with van der Waals surface area (Å²) in [7, 11) is 0. The van der Waals surface area contributed by atoms with Gasteiger partial charge in [0.15, 0.2) is 5.69 Å². The van der Waals surface area contributed by atoms with Gasteiger partial charge in [0.05, 0.1) is 18.3 Å². The maximum Gasteiger partial charge on any atom is 0.217 e. The number of carbonyl (C=O) groups is 1. The number of rotatable bonds is 4. The molecule has 0 radical (unpaired) electrons. The fraction of sp³-hybridized carbons (Fsp3) is 0.182. The van der Waals surface area contributed by atoms with E-state index in [0.29, 0.717) is 13.1 Å². The molecule has 0 bridgehead atoms. The molecule has 0 aliphatic rings. The number of nitrogens with zero attached hydrogens (tertiary/aromatic N) is 3. The van der Waals surface area contributed by atoms with Crippen molar-refractivity contribution in [1.82, 2.24) is 15.0 Å². The first-order valence-electron chi connectivity index (χ1n) is 5.22. The van der Waals surface area contributed by atoms with Crippen LogP contribution in [0.1, 0.15) is 16.1 Å². The van der Waals surface area contributed by atoms with Crippen LogP contribution >= 0.6 is 11.6 Å². The van der Waals surface area contributed by atoms with Gasteiger partial charge >= 0.3 is 0 Å². The van der Waals surface area contributed by atoms with E-state index in [1.165, 1.54) is 23.0 Å². The third-order valence-corrected chi connectivity index (χ3v) is 2.54. The Hall–Kier alpha value is -1.79. The SMILES string of the molecule is NCCn1cc(C(=O)c2ccc(Cl)cc2F)nn1. The van der Waals surface area contributed by atoms with E-state index in [1.807, 2.05) is 0 Å². The Morgan fingerprint density at radius 1 is 1.50 bits per heavy atom. The lowest BCUT2D eigenvalue weighted by atomic mass is 10.1. The zero-order chi connectivity index (χ0) is 13.1. The maximum atomic E-state index is 13.6. The molecular formula is C11H10ClFN4O. The van der Waals surface area contributed by atoms with E-state index in [4.69, 9.17) is 17.3 Å².